The normalized spacial score (nSPS) is 16.5. The van der Waals surface area contributed by atoms with Crippen molar-refractivity contribution >= 4 is 5.84 Å². The molecular weight excluding hydrogens is 160 g/mol. The van der Waals surface area contributed by atoms with Crippen molar-refractivity contribution in [1.82, 2.24) is 4.90 Å². The first-order chi connectivity index (χ1) is 6.38. The van der Waals surface area contributed by atoms with E-state index in [1.807, 2.05) is 0 Å². The molecule has 2 nitrogen and oxygen atoms in total. The quantitative estimate of drug-likeness (QED) is 0.577. The second kappa shape index (κ2) is 6.01. The second-order valence-corrected chi connectivity index (χ2v) is 3.70. The van der Waals surface area contributed by atoms with Gasteiger partial charge in [-0.1, -0.05) is 33.1 Å². The lowest BCUT2D eigenvalue weighted by Crippen LogP contribution is -2.28. The highest BCUT2D eigenvalue weighted by Gasteiger charge is 2.13. The van der Waals surface area contributed by atoms with Gasteiger partial charge in [0.1, 0.15) is 0 Å². The number of hydrogen-bond acceptors (Lipinski definition) is 2. The molecule has 0 atom stereocenters. The molecule has 13 heavy (non-hydrogen) atoms. The number of unbranched alkanes of at least 4 members (excludes halogenated alkanes) is 3. The Morgan fingerprint density at radius 2 is 2.08 bits per heavy atom. The summed E-state index contributed by atoms with van der Waals surface area (Å²) < 4.78 is 0. The Balaban J connectivity index is 2.11. The standard InChI is InChI=1S/C11H22N2/c1-3-5-6-7-9-13-10-8-12-11(13)4-2/h3-10H2,1-2H3. The second-order valence-electron chi connectivity index (χ2n) is 3.70. The molecule has 1 aliphatic rings. The minimum Gasteiger partial charge on any atom is -0.359 e. The molecular formula is C11H22N2. The van der Waals surface area contributed by atoms with Crippen molar-refractivity contribution in [2.75, 3.05) is 19.6 Å². The summed E-state index contributed by atoms with van der Waals surface area (Å²) in [5, 5.41) is 0. The Morgan fingerprint density at radius 3 is 2.77 bits per heavy atom. The van der Waals surface area contributed by atoms with Gasteiger partial charge < -0.3 is 4.90 Å². The van der Waals surface area contributed by atoms with E-state index in [1.54, 1.807) is 0 Å². The predicted molar refractivity (Wildman–Crippen MR) is 58.3 cm³/mol. The smallest absolute Gasteiger partial charge is 0.0987 e. The molecule has 0 fully saturated rings. The first-order valence-corrected chi connectivity index (χ1v) is 5.66. The molecule has 1 rings (SSSR count). The zero-order valence-electron chi connectivity index (χ0n) is 9.05. The van der Waals surface area contributed by atoms with Crippen molar-refractivity contribution < 1.29 is 0 Å². The summed E-state index contributed by atoms with van der Waals surface area (Å²) in [5.74, 6) is 1.33. The topological polar surface area (TPSA) is 15.6 Å². The van der Waals surface area contributed by atoms with Gasteiger partial charge in [0.2, 0.25) is 0 Å². The van der Waals surface area contributed by atoms with E-state index in [2.05, 4.69) is 23.7 Å². The van der Waals surface area contributed by atoms with Gasteiger partial charge in [-0.2, -0.15) is 0 Å². The van der Waals surface area contributed by atoms with Gasteiger partial charge >= 0.3 is 0 Å². The maximum absolute atomic E-state index is 4.48. The highest BCUT2D eigenvalue weighted by Crippen LogP contribution is 2.07. The first kappa shape index (κ1) is 10.6. The van der Waals surface area contributed by atoms with Crippen LogP contribution >= 0.6 is 0 Å². The number of rotatable bonds is 6. The third-order valence-electron chi connectivity index (χ3n) is 2.63. The Labute approximate surface area is 82.0 Å². The van der Waals surface area contributed by atoms with Crippen LogP contribution in [-0.4, -0.2) is 30.4 Å². The summed E-state index contributed by atoms with van der Waals surface area (Å²) in [6.45, 7) is 7.87. The van der Waals surface area contributed by atoms with Crippen LogP contribution in [0.5, 0.6) is 0 Å². The number of amidine groups is 1. The average molecular weight is 182 g/mol. The van der Waals surface area contributed by atoms with E-state index in [0.29, 0.717) is 0 Å². The van der Waals surface area contributed by atoms with E-state index < -0.39 is 0 Å². The van der Waals surface area contributed by atoms with Crippen LogP contribution in [0.2, 0.25) is 0 Å². The molecule has 0 aromatic carbocycles. The largest absolute Gasteiger partial charge is 0.359 e. The molecule has 1 heterocycles. The molecule has 0 saturated carbocycles. The van der Waals surface area contributed by atoms with Gasteiger partial charge in [0.15, 0.2) is 0 Å². The highest BCUT2D eigenvalue weighted by molar-refractivity contribution is 5.83. The van der Waals surface area contributed by atoms with Gasteiger partial charge in [0.25, 0.3) is 0 Å². The van der Waals surface area contributed by atoms with Crippen molar-refractivity contribution in [3.8, 4) is 0 Å². The van der Waals surface area contributed by atoms with Crippen LogP contribution in [0.25, 0.3) is 0 Å². The van der Waals surface area contributed by atoms with Crippen LogP contribution in [0.3, 0.4) is 0 Å². The monoisotopic (exact) mass is 182 g/mol. The lowest BCUT2D eigenvalue weighted by molar-refractivity contribution is 0.428. The summed E-state index contributed by atoms with van der Waals surface area (Å²) in [7, 11) is 0. The average Bonchev–Trinajstić information content (AvgIpc) is 2.60. The van der Waals surface area contributed by atoms with E-state index in [4.69, 9.17) is 0 Å². The molecule has 0 amide bonds. The fraction of sp³-hybridized carbons (Fsp3) is 0.909. The van der Waals surface area contributed by atoms with Crippen molar-refractivity contribution in [1.29, 1.82) is 0 Å². The van der Waals surface area contributed by atoms with Crippen molar-refractivity contribution in [3.63, 3.8) is 0 Å². The lowest BCUT2D eigenvalue weighted by Gasteiger charge is -2.19. The van der Waals surface area contributed by atoms with Crippen LogP contribution in [0.15, 0.2) is 4.99 Å². The first-order valence-electron chi connectivity index (χ1n) is 5.66. The fourth-order valence-electron chi connectivity index (χ4n) is 1.83. The fourth-order valence-corrected chi connectivity index (χ4v) is 1.83. The number of hydrogen-bond donors (Lipinski definition) is 0. The molecule has 76 valence electrons. The van der Waals surface area contributed by atoms with Crippen molar-refractivity contribution in [3.05, 3.63) is 0 Å². The molecule has 0 unspecified atom stereocenters. The third kappa shape index (κ3) is 3.37. The maximum Gasteiger partial charge on any atom is 0.0987 e. The molecule has 0 spiro atoms. The van der Waals surface area contributed by atoms with Gasteiger partial charge in [-0.05, 0) is 6.42 Å². The van der Waals surface area contributed by atoms with E-state index >= 15 is 0 Å². The molecule has 0 aliphatic carbocycles. The van der Waals surface area contributed by atoms with Gasteiger partial charge in [-0.25, -0.2) is 0 Å². The number of nitrogens with zero attached hydrogens (tertiary/aromatic N) is 2. The summed E-state index contributed by atoms with van der Waals surface area (Å²) >= 11 is 0. The van der Waals surface area contributed by atoms with Crippen LogP contribution in [-0.2, 0) is 0 Å². The molecule has 0 N–H and O–H groups in total. The maximum atomic E-state index is 4.48. The van der Waals surface area contributed by atoms with Gasteiger partial charge in [0.05, 0.1) is 12.4 Å². The summed E-state index contributed by atoms with van der Waals surface area (Å²) in [6.07, 6.45) is 6.53. The van der Waals surface area contributed by atoms with Gasteiger partial charge in [-0.3, -0.25) is 4.99 Å². The van der Waals surface area contributed by atoms with E-state index in [1.165, 1.54) is 38.1 Å². The van der Waals surface area contributed by atoms with Crippen molar-refractivity contribution in [2.45, 2.75) is 46.0 Å². The summed E-state index contributed by atoms with van der Waals surface area (Å²) in [5.41, 5.74) is 0. The Kier molecular flexibility index (Phi) is 4.87. The van der Waals surface area contributed by atoms with Crippen LogP contribution in [0.1, 0.15) is 46.0 Å². The molecule has 0 aromatic rings. The highest BCUT2D eigenvalue weighted by atomic mass is 15.2. The summed E-state index contributed by atoms with van der Waals surface area (Å²) in [6, 6.07) is 0. The van der Waals surface area contributed by atoms with Crippen LogP contribution < -0.4 is 0 Å². The molecule has 0 saturated heterocycles. The minimum atomic E-state index is 1.02. The zero-order valence-corrected chi connectivity index (χ0v) is 9.05. The minimum absolute atomic E-state index is 1.02. The van der Waals surface area contributed by atoms with Gasteiger partial charge in [0, 0.05) is 19.5 Å². The third-order valence-corrected chi connectivity index (χ3v) is 2.63. The SMILES string of the molecule is CCCCCCN1CCN=C1CC. The Morgan fingerprint density at radius 1 is 1.23 bits per heavy atom. The van der Waals surface area contributed by atoms with Crippen molar-refractivity contribution in [2.24, 2.45) is 4.99 Å². The predicted octanol–water partition coefficient (Wildman–Crippen LogP) is 2.69. The number of aliphatic imine (C=N–C) groups is 1. The molecule has 0 bridgehead atoms. The van der Waals surface area contributed by atoms with E-state index in [9.17, 15) is 0 Å². The van der Waals surface area contributed by atoms with E-state index in [-0.39, 0.29) is 0 Å². The lowest BCUT2D eigenvalue weighted by atomic mass is 10.2. The summed E-state index contributed by atoms with van der Waals surface area (Å²) in [4.78, 5) is 6.93. The van der Waals surface area contributed by atoms with Gasteiger partial charge in [-0.15, -0.1) is 0 Å². The van der Waals surface area contributed by atoms with Crippen LogP contribution in [0.4, 0.5) is 0 Å². The zero-order chi connectivity index (χ0) is 9.52. The Hall–Kier alpha value is -0.530. The molecule has 2 heteroatoms. The molecule has 0 radical (unpaired) electrons. The van der Waals surface area contributed by atoms with E-state index in [0.717, 1.165) is 19.5 Å². The molecule has 0 aromatic heterocycles. The molecule has 1 aliphatic heterocycles. The Bertz CT molecular complexity index is 163. The van der Waals surface area contributed by atoms with Crippen LogP contribution in [0, 0.1) is 0 Å².